The molecule has 6 nitrogen and oxygen atoms in total. The molecule has 30 heavy (non-hydrogen) atoms. The van der Waals surface area contributed by atoms with Gasteiger partial charge in [0.15, 0.2) is 0 Å². The van der Waals surface area contributed by atoms with Crippen LogP contribution < -0.4 is 5.63 Å². The number of nitro benzene ring substituents is 1. The third-order valence-electron chi connectivity index (χ3n) is 4.52. The first-order valence-corrected chi connectivity index (χ1v) is 9.19. The first-order valence-electron chi connectivity index (χ1n) is 9.19. The molecule has 0 bridgehead atoms. The predicted octanol–water partition coefficient (Wildman–Crippen LogP) is 5.78. The van der Waals surface area contributed by atoms with E-state index in [-0.39, 0.29) is 5.69 Å². The number of hydrogen-bond donors (Lipinski definition) is 0. The molecule has 0 unspecified atom stereocenters. The van der Waals surface area contributed by atoms with Gasteiger partial charge >= 0.3 is 5.63 Å². The van der Waals surface area contributed by atoms with Crippen molar-refractivity contribution in [3.63, 3.8) is 0 Å². The van der Waals surface area contributed by atoms with Crippen LogP contribution in [-0.4, -0.2) is 11.1 Å². The van der Waals surface area contributed by atoms with E-state index >= 15 is 0 Å². The number of rotatable bonds is 5. The fourth-order valence-corrected chi connectivity index (χ4v) is 3.09. The molecule has 3 aromatic carbocycles. The van der Waals surface area contributed by atoms with E-state index < -0.39 is 10.5 Å². The van der Waals surface area contributed by atoms with Crippen molar-refractivity contribution in [2.24, 2.45) is 4.99 Å². The summed E-state index contributed by atoms with van der Waals surface area (Å²) in [6, 6.07) is 22.9. The van der Waals surface area contributed by atoms with Gasteiger partial charge in [-0.15, -0.1) is 0 Å². The second kappa shape index (κ2) is 8.36. The van der Waals surface area contributed by atoms with Gasteiger partial charge in [-0.3, -0.25) is 15.1 Å². The maximum Gasteiger partial charge on any atom is 0.344 e. The number of fused-ring (bicyclic) bond motifs is 1. The first kappa shape index (κ1) is 19.0. The molecule has 0 radical (unpaired) electrons. The lowest BCUT2D eigenvalue weighted by molar-refractivity contribution is -0.385. The molecule has 0 amide bonds. The van der Waals surface area contributed by atoms with Gasteiger partial charge in [-0.2, -0.15) is 0 Å². The molecular formula is C24H16N2O4. The Morgan fingerprint density at radius 3 is 2.60 bits per heavy atom. The molecule has 0 saturated heterocycles. The molecule has 0 atom stereocenters. The Morgan fingerprint density at radius 1 is 0.933 bits per heavy atom. The van der Waals surface area contributed by atoms with Gasteiger partial charge in [-0.25, -0.2) is 4.79 Å². The Bertz CT molecular complexity index is 1350. The van der Waals surface area contributed by atoms with Crippen molar-refractivity contribution in [3.8, 4) is 11.1 Å². The van der Waals surface area contributed by atoms with E-state index in [9.17, 15) is 14.9 Å². The summed E-state index contributed by atoms with van der Waals surface area (Å²) in [5.74, 6) is 0. The fourth-order valence-electron chi connectivity index (χ4n) is 3.09. The van der Waals surface area contributed by atoms with E-state index in [2.05, 4.69) is 4.99 Å². The quantitative estimate of drug-likeness (QED) is 0.185. The molecule has 0 N–H and O–H groups in total. The van der Waals surface area contributed by atoms with Crippen molar-refractivity contribution in [2.45, 2.75) is 0 Å². The van der Waals surface area contributed by atoms with Gasteiger partial charge in [-0.05, 0) is 48.0 Å². The molecule has 0 spiro atoms. The van der Waals surface area contributed by atoms with Crippen LogP contribution in [0, 0.1) is 10.1 Å². The standard InChI is InChI=1S/C24H16N2O4/c27-24-21(16-19-8-2-4-13-23(19)30-24)18-9-5-11-20(15-18)25-14-6-10-17-7-1-3-12-22(17)26(28)29/h1-16H/b10-6+,25-14?. The van der Waals surface area contributed by atoms with Gasteiger partial charge in [0.05, 0.1) is 21.7 Å². The summed E-state index contributed by atoms with van der Waals surface area (Å²) < 4.78 is 5.40. The number of aliphatic imine (C=N–C) groups is 1. The summed E-state index contributed by atoms with van der Waals surface area (Å²) in [5, 5.41) is 11.9. The molecule has 6 heteroatoms. The molecule has 1 aromatic heterocycles. The SMILES string of the molecule is O=c1oc2ccccc2cc1-c1cccc(N=C/C=C/c2ccccc2[N+](=O)[O-])c1. The van der Waals surface area contributed by atoms with E-state index in [0.717, 1.165) is 5.39 Å². The van der Waals surface area contributed by atoms with Crippen molar-refractivity contribution in [1.29, 1.82) is 0 Å². The highest BCUT2D eigenvalue weighted by Crippen LogP contribution is 2.24. The zero-order valence-electron chi connectivity index (χ0n) is 15.8. The summed E-state index contributed by atoms with van der Waals surface area (Å²) in [7, 11) is 0. The van der Waals surface area contributed by atoms with Crippen LogP contribution in [0.1, 0.15) is 5.56 Å². The lowest BCUT2D eigenvalue weighted by Gasteiger charge is -2.03. The Hall–Kier alpha value is -4.32. The van der Waals surface area contributed by atoms with Crippen LogP contribution >= 0.6 is 0 Å². The van der Waals surface area contributed by atoms with Crippen LogP contribution in [0.25, 0.3) is 28.2 Å². The van der Waals surface area contributed by atoms with Crippen molar-refractivity contribution >= 4 is 34.6 Å². The third kappa shape index (κ3) is 4.07. The zero-order valence-corrected chi connectivity index (χ0v) is 15.8. The van der Waals surface area contributed by atoms with Crippen molar-refractivity contribution < 1.29 is 9.34 Å². The van der Waals surface area contributed by atoms with Crippen LogP contribution in [0.5, 0.6) is 0 Å². The van der Waals surface area contributed by atoms with Gasteiger partial charge in [0.25, 0.3) is 5.69 Å². The summed E-state index contributed by atoms with van der Waals surface area (Å²) in [6.45, 7) is 0. The van der Waals surface area contributed by atoms with Crippen molar-refractivity contribution in [3.05, 3.63) is 111 Å². The molecule has 146 valence electrons. The Kier molecular flexibility index (Phi) is 5.30. The number of allylic oxidation sites excluding steroid dienone is 1. The average molecular weight is 396 g/mol. The van der Waals surface area contributed by atoms with E-state index in [4.69, 9.17) is 4.42 Å². The Balaban J connectivity index is 1.60. The minimum absolute atomic E-state index is 0.0344. The minimum atomic E-state index is -0.421. The maximum absolute atomic E-state index is 12.4. The monoisotopic (exact) mass is 396 g/mol. The lowest BCUT2D eigenvalue weighted by atomic mass is 10.1. The Labute approximate surface area is 171 Å². The van der Waals surface area contributed by atoms with Crippen LogP contribution in [0.2, 0.25) is 0 Å². The second-order valence-corrected chi connectivity index (χ2v) is 6.49. The lowest BCUT2D eigenvalue weighted by Crippen LogP contribution is -2.02. The third-order valence-corrected chi connectivity index (χ3v) is 4.52. The smallest absolute Gasteiger partial charge is 0.344 e. The predicted molar refractivity (Wildman–Crippen MR) is 118 cm³/mol. The highest BCUT2D eigenvalue weighted by Gasteiger charge is 2.09. The molecule has 0 saturated carbocycles. The zero-order chi connectivity index (χ0) is 20.9. The topological polar surface area (TPSA) is 85.7 Å². The number of nitro groups is 1. The molecular weight excluding hydrogens is 380 g/mol. The van der Waals surface area contributed by atoms with Gasteiger partial charge in [0.1, 0.15) is 5.58 Å². The van der Waals surface area contributed by atoms with Gasteiger partial charge in [0.2, 0.25) is 0 Å². The van der Waals surface area contributed by atoms with Crippen molar-refractivity contribution in [2.75, 3.05) is 0 Å². The summed E-state index contributed by atoms with van der Waals surface area (Å²) >= 11 is 0. The van der Waals surface area contributed by atoms with Gasteiger partial charge in [-0.1, -0.05) is 42.5 Å². The number of benzene rings is 3. The van der Waals surface area contributed by atoms with E-state index in [1.807, 2.05) is 36.4 Å². The van der Waals surface area contributed by atoms with Crippen molar-refractivity contribution in [1.82, 2.24) is 0 Å². The molecule has 4 aromatic rings. The highest BCUT2D eigenvalue weighted by atomic mass is 16.6. The van der Waals surface area contributed by atoms with Gasteiger partial charge < -0.3 is 4.42 Å². The Morgan fingerprint density at radius 2 is 1.73 bits per heavy atom. The average Bonchev–Trinajstić information content (AvgIpc) is 2.76. The van der Waals surface area contributed by atoms with Crippen LogP contribution in [0.3, 0.4) is 0 Å². The molecule has 0 aliphatic carbocycles. The second-order valence-electron chi connectivity index (χ2n) is 6.49. The summed E-state index contributed by atoms with van der Waals surface area (Å²) in [4.78, 5) is 27.4. The summed E-state index contributed by atoms with van der Waals surface area (Å²) in [6.07, 6.45) is 4.82. The van der Waals surface area contributed by atoms with E-state index in [0.29, 0.717) is 28.0 Å². The molecule has 0 aliphatic rings. The van der Waals surface area contributed by atoms with E-state index in [1.54, 1.807) is 54.8 Å². The molecule has 4 rings (SSSR count). The van der Waals surface area contributed by atoms with E-state index in [1.165, 1.54) is 6.07 Å². The fraction of sp³-hybridized carbons (Fsp3) is 0. The summed E-state index contributed by atoms with van der Waals surface area (Å²) in [5.41, 5.74) is 2.47. The van der Waals surface area contributed by atoms with Gasteiger partial charge in [0, 0.05) is 17.7 Å². The molecule has 0 fully saturated rings. The highest BCUT2D eigenvalue weighted by molar-refractivity contribution is 5.84. The first-order chi connectivity index (χ1) is 14.6. The van der Waals surface area contributed by atoms with Crippen LogP contribution in [0.15, 0.2) is 99.1 Å². The minimum Gasteiger partial charge on any atom is -0.422 e. The number of nitrogens with zero attached hydrogens (tertiary/aromatic N) is 2. The molecule has 0 aliphatic heterocycles. The number of para-hydroxylation sites is 2. The van der Waals surface area contributed by atoms with Crippen LogP contribution in [0.4, 0.5) is 11.4 Å². The van der Waals surface area contributed by atoms with Crippen LogP contribution in [-0.2, 0) is 0 Å². The maximum atomic E-state index is 12.4. The normalized spacial score (nSPS) is 11.5. The molecule has 1 heterocycles. The largest absolute Gasteiger partial charge is 0.422 e. The number of hydrogen-bond acceptors (Lipinski definition) is 5.